The number of fused-ring (bicyclic) bond motifs is 2. The number of likely N-dealkylation sites (N-methyl/N-ethyl adjacent to an activating group) is 1. The van der Waals surface area contributed by atoms with E-state index in [1.54, 1.807) is 0 Å². The zero-order valence-corrected chi connectivity index (χ0v) is 12.2. The minimum absolute atomic E-state index is 0.143. The quantitative estimate of drug-likeness (QED) is 0.791. The number of hydrogen-bond acceptors (Lipinski definition) is 3. The predicted molar refractivity (Wildman–Crippen MR) is 71.7 cm³/mol. The lowest BCUT2D eigenvalue weighted by atomic mass is 9.84. The van der Waals surface area contributed by atoms with E-state index >= 15 is 0 Å². The Labute approximate surface area is 122 Å². The molecule has 3 rings (SSSR count). The van der Waals surface area contributed by atoms with Crippen LogP contribution in [-0.4, -0.2) is 67.2 Å². The summed E-state index contributed by atoms with van der Waals surface area (Å²) in [7, 11) is 2.02. The van der Waals surface area contributed by atoms with Crippen LogP contribution in [0, 0.1) is 5.41 Å². The van der Waals surface area contributed by atoms with E-state index in [2.05, 4.69) is 10.2 Å². The Morgan fingerprint density at radius 3 is 2.57 bits per heavy atom. The van der Waals surface area contributed by atoms with Gasteiger partial charge in [0.2, 0.25) is 5.91 Å². The van der Waals surface area contributed by atoms with Crippen LogP contribution in [0.3, 0.4) is 0 Å². The molecule has 1 amide bonds. The molecule has 0 aromatic heterocycles. The lowest BCUT2D eigenvalue weighted by molar-refractivity contribution is -0.221. The maximum absolute atomic E-state index is 13.5. The molecule has 0 aromatic rings. The SMILES string of the molecule is CN1C2CCC1CN(C(=O)C1(C(F)(F)F)CCNC1)CC2. The molecule has 3 fully saturated rings. The second kappa shape index (κ2) is 5.12. The molecule has 3 unspecified atom stereocenters. The van der Waals surface area contributed by atoms with E-state index in [0.29, 0.717) is 19.1 Å². The van der Waals surface area contributed by atoms with Crippen molar-refractivity contribution in [2.45, 2.75) is 43.9 Å². The number of rotatable bonds is 1. The van der Waals surface area contributed by atoms with E-state index < -0.39 is 17.5 Å². The fourth-order valence-corrected chi connectivity index (χ4v) is 4.03. The van der Waals surface area contributed by atoms with E-state index in [1.807, 2.05) is 7.05 Å². The van der Waals surface area contributed by atoms with Crippen molar-refractivity contribution in [1.82, 2.24) is 15.1 Å². The van der Waals surface area contributed by atoms with Crippen molar-refractivity contribution in [3.63, 3.8) is 0 Å². The van der Waals surface area contributed by atoms with Crippen LogP contribution < -0.4 is 5.32 Å². The van der Waals surface area contributed by atoms with Crippen LogP contribution in [0.2, 0.25) is 0 Å². The first-order chi connectivity index (χ1) is 9.85. The summed E-state index contributed by atoms with van der Waals surface area (Å²) in [5.74, 6) is -0.721. The molecule has 120 valence electrons. The molecule has 0 saturated carbocycles. The van der Waals surface area contributed by atoms with Crippen molar-refractivity contribution in [1.29, 1.82) is 0 Å². The van der Waals surface area contributed by atoms with E-state index in [9.17, 15) is 18.0 Å². The summed E-state index contributed by atoms with van der Waals surface area (Å²) in [4.78, 5) is 16.4. The van der Waals surface area contributed by atoms with Crippen molar-refractivity contribution in [3.8, 4) is 0 Å². The zero-order valence-electron chi connectivity index (χ0n) is 12.2. The molecule has 3 atom stereocenters. The lowest BCUT2D eigenvalue weighted by Crippen LogP contribution is -2.55. The second-order valence-electron chi connectivity index (χ2n) is 6.60. The van der Waals surface area contributed by atoms with Gasteiger partial charge in [-0.05, 0) is 39.3 Å². The van der Waals surface area contributed by atoms with Gasteiger partial charge in [0.05, 0.1) is 0 Å². The van der Waals surface area contributed by atoms with Crippen molar-refractivity contribution >= 4 is 5.91 Å². The first-order valence-corrected chi connectivity index (χ1v) is 7.64. The van der Waals surface area contributed by atoms with Crippen molar-refractivity contribution in [2.24, 2.45) is 5.41 Å². The topological polar surface area (TPSA) is 35.6 Å². The first kappa shape index (κ1) is 15.1. The van der Waals surface area contributed by atoms with Crippen LogP contribution >= 0.6 is 0 Å². The number of amides is 1. The van der Waals surface area contributed by atoms with Crippen LogP contribution in [0.5, 0.6) is 0 Å². The molecule has 0 radical (unpaired) electrons. The molecule has 0 aromatic carbocycles. The average Bonchev–Trinajstić information content (AvgIpc) is 2.95. The van der Waals surface area contributed by atoms with E-state index in [0.717, 1.165) is 19.3 Å². The Hall–Kier alpha value is -0.820. The number of alkyl halides is 3. The summed E-state index contributed by atoms with van der Waals surface area (Å²) in [6, 6.07) is 0.623. The van der Waals surface area contributed by atoms with Crippen LogP contribution in [-0.2, 0) is 4.79 Å². The molecule has 4 nitrogen and oxygen atoms in total. The Balaban J connectivity index is 1.81. The third-order valence-electron chi connectivity index (χ3n) is 5.54. The largest absolute Gasteiger partial charge is 0.404 e. The Morgan fingerprint density at radius 2 is 1.95 bits per heavy atom. The molecule has 3 heterocycles. The highest BCUT2D eigenvalue weighted by Crippen LogP contribution is 2.45. The molecule has 1 N–H and O–H groups in total. The van der Waals surface area contributed by atoms with Crippen molar-refractivity contribution < 1.29 is 18.0 Å². The van der Waals surface area contributed by atoms with Gasteiger partial charge in [-0.1, -0.05) is 0 Å². The second-order valence-corrected chi connectivity index (χ2v) is 6.60. The van der Waals surface area contributed by atoms with Gasteiger partial charge in [-0.3, -0.25) is 9.69 Å². The van der Waals surface area contributed by atoms with Gasteiger partial charge in [-0.25, -0.2) is 0 Å². The predicted octanol–water partition coefficient (Wildman–Crippen LogP) is 1.22. The number of likely N-dealkylation sites (tertiary alicyclic amines) is 1. The highest BCUT2D eigenvalue weighted by molar-refractivity contribution is 5.84. The smallest absolute Gasteiger partial charge is 0.340 e. The normalized spacial score (nSPS) is 37.8. The summed E-state index contributed by atoms with van der Waals surface area (Å²) in [5.41, 5.74) is -2.21. The fraction of sp³-hybridized carbons (Fsp3) is 0.929. The Bertz CT molecular complexity index is 420. The molecular formula is C14H22F3N3O. The molecule has 3 aliphatic rings. The number of nitrogens with zero attached hydrogens (tertiary/aromatic N) is 2. The van der Waals surface area contributed by atoms with Crippen molar-refractivity contribution in [2.75, 3.05) is 33.2 Å². The first-order valence-electron chi connectivity index (χ1n) is 7.64. The monoisotopic (exact) mass is 305 g/mol. The molecular weight excluding hydrogens is 283 g/mol. The fourth-order valence-electron chi connectivity index (χ4n) is 4.03. The minimum atomic E-state index is -4.48. The number of carbonyl (C=O) groups excluding carboxylic acids is 1. The lowest BCUT2D eigenvalue weighted by Gasteiger charge is -2.36. The molecule has 3 aliphatic heterocycles. The van der Waals surface area contributed by atoms with Crippen molar-refractivity contribution in [3.05, 3.63) is 0 Å². The summed E-state index contributed by atoms with van der Waals surface area (Å²) >= 11 is 0. The number of halogens is 3. The minimum Gasteiger partial charge on any atom is -0.340 e. The third kappa shape index (κ3) is 2.34. The zero-order chi connectivity index (χ0) is 15.3. The highest BCUT2D eigenvalue weighted by atomic mass is 19.4. The van der Waals surface area contributed by atoms with Crippen LogP contribution in [0.15, 0.2) is 0 Å². The molecule has 21 heavy (non-hydrogen) atoms. The summed E-state index contributed by atoms with van der Waals surface area (Å²) in [5, 5.41) is 2.72. The number of hydrogen-bond donors (Lipinski definition) is 1. The van der Waals surface area contributed by atoms with Gasteiger partial charge in [-0.15, -0.1) is 0 Å². The molecule has 0 spiro atoms. The van der Waals surface area contributed by atoms with Gasteiger partial charge in [0.15, 0.2) is 5.41 Å². The van der Waals surface area contributed by atoms with Gasteiger partial charge in [0.25, 0.3) is 0 Å². The standard InChI is InChI=1S/C14H22F3N3O/c1-19-10-2-3-11(19)8-20(7-4-10)12(21)13(14(15,16)17)5-6-18-9-13/h10-11,18H,2-9H2,1H3. The van der Waals surface area contributed by atoms with Gasteiger partial charge >= 0.3 is 6.18 Å². The van der Waals surface area contributed by atoms with Gasteiger partial charge in [0.1, 0.15) is 0 Å². The number of nitrogens with one attached hydrogen (secondary N) is 1. The van der Waals surface area contributed by atoms with Crippen LogP contribution in [0.4, 0.5) is 13.2 Å². The van der Waals surface area contributed by atoms with E-state index in [1.165, 1.54) is 4.90 Å². The maximum Gasteiger partial charge on any atom is 0.404 e. The average molecular weight is 305 g/mol. The van der Waals surface area contributed by atoms with E-state index in [-0.39, 0.29) is 25.6 Å². The molecule has 0 aliphatic carbocycles. The third-order valence-corrected chi connectivity index (χ3v) is 5.54. The highest BCUT2D eigenvalue weighted by Gasteiger charge is 2.62. The Kier molecular flexibility index (Phi) is 3.68. The molecule has 3 saturated heterocycles. The Morgan fingerprint density at radius 1 is 1.24 bits per heavy atom. The molecule has 2 bridgehead atoms. The van der Waals surface area contributed by atoms with Gasteiger partial charge in [-0.2, -0.15) is 13.2 Å². The van der Waals surface area contributed by atoms with Crippen LogP contribution in [0.25, 0.3) is 0 Å². The maximum atomic E-state index is 13.5. The van der Waals surface area contributed by atoms with Crippen LogP contribution in [0.1, 0.15) is 25.7 Å². The molecule has 7 heteroatoms. The number of carbonyl (C=O) groups is 1. The van der Waals surface area contributed by atoms with Gasteiger partial charge < -0.3 is 10.2 Å². The summed E-state index contributed by atoms with van der Waals surface area (Å²) in [6.45, 7) is 0.854. The summed E-state index contributed by atoms with van der Waals surface area (Å²) in [6.07, 6.45) is -1.78. The van der Waals surface area contributed by atoms with E-state index in [4.69, 9.17) is 0 Å². The summed E-state index contributed by atoms with van der Waals surface area (Å²) < 4.78 is 40.5. The van der Waals surface area contributed by atoms with Gasteiger partial charge in [0, 0.05) is 31.7 Å².